The summed E-state index contributed by atoms with van der Waals surface area (Å²) in [6.07, 6.45) is 3.40. The molecule has 3 aromatic heterocycles. The molecular formula is C20H17N3O4S. The first kappa shape index (κ1) is 18.1. The molecule has 4 aromatic rings. The molecule has 0 fully saturated rings. The van der Waals surface area contributed by atoms with Crippen molar-refractivity contribution in [1.29, 1.82) is 0 Å². The highest BCUT2D eigenvalue weighted by molar-refractivity contribution is 7.98. The smallest absolute Gasteiger partial charge is 0.336 e. The summed E-state index contributed by atoms with van der Waals surface area (Å²) in [5.74, 6) is 2.01. The van der Waals surface area contributed by atoms with Crippen molar-refractivity contribution < 1.29 is 13.9 Å². The first-order valence-corrected chi connectivity index (χ1v) is 9.52. The van der Waals surface area contributed by atoms with E-state index in [0.717, 1.165) is 22.3 Å². The van der Waals surface area contributed by atoms with Crippen LogP contribution in [-0.2, 0) is 12.3 Å². The average molecular weight is 395 g/mol. The van der Waals surface area contributed by atoms with E-state index >= 15 is 0 Å². The lowest BCUT2D eigenvalue weighted by Crippen LogP contribution is -2.02. The third kappa shape index (κ3) is 3.34. The van der Waals surface area contributed by atoms with E-state index in [4.69, 9.17) is 8.83 Å². The van der Waals surface area contributed by atoms with Crippen LogP contribution in [-0.4, -0.2) is 19.9 Å². The largest absolute Gasteiger partial charge is 0.508 e. The Labute approximate surface area is 164 Å². The van der Waals surface area contributed by atoms with Crippen LogP contribution in [0.3, 0.4) is 0 Å². The fraction of sp³-hybridized carbons (Fsp3) is 0.150. The van der Waals surface area contributed by atoms with Crippen LogP contribution in [0.2, 0.25) is 0 Å². The Bertz CT molecular complexity index is 1220. The van der Waals surface area contributed by atoms with Gasteiger partial charge in [0.25, 0.3) is 0 Å². The van der Waals surface area contributed by atoms with E-state index < -0.39 is 5.63 Å². The zero-order valence-corrected chi connectivity index (χ0v) is 15.9. The number of hydrogen-bond donors (Lipinski definition) is 1. The summed E-state index contributed by atoms with van der Waals surface area (Å²) in [4.78, 5) is 11.9. The molecule has 0 amide bonds. The number of fused-ring (bicyclic) bond motifs is 1. The van der Waals surface area contributed by atoms with Crippen LogP contribution in [0.5, 0.6) is 5.75 Å². The molecule has 142 valence electrons. The standard InChI is InChI=1S/C20H17N3O4S/c1-3-7-23-19(15-6-8-26-12(15)2)21-22-20(23)28-11-13-9-18(25)27-17-10-14(24)4-5-16(13)17/h3-6,8-10,24H,1,7,11H2,2H3. The lowest BCUT2D eigenvalue weighted by atomic mass is 10.1. The summed E-state index contributed by atoms with van der Waals surface area (Å²) < 4.78 is 12.5. The van der Waals surface area contributed by atoms with E-state index in [1.54, 1.807) is 24.5 Å². The summed E-state index contributed by atoms with van der Waals surface area (Å²) in [6, 6.07) is 8.05. The molecule has 0 aliphatic rings. The number of allylic oxidation sites excluding steroid dienone is 1. The number of aryl methyl sites for hydroxylation is 1. The highest BCUT2D eigenvalue weighted by Crippen LogP contribution is 2.30. The third-order valence-electron chi connectivity index (χ3n) is 4.30. The van der Waals surface area contributed by atoms with E-state index in [1.807, 2.05) is 17.6 Å². The summed E-state index contributed by atoms with van der Waals surface area (Å²) in [5.41, 5.74) is 1.56. The molecule has 0 atom stereocenters. The molecule has 8 heteroatoms. The molecule has 0 saturated carbocycles. The Morgan fingerprint density at radius 1 is 1.29 bits per heavy atom. The fourth-order valence-electron chi connectivity index (χ4n) is 2.99. The SMILES string of the molecule is C=CCn1c(SCc2cc(=O)oc3cc(O)ccc23)nnc1-c1ccoc1C. The van der Waals surface area contributed by atoms with Gasteiger partial charge in [-0.2, -0.15) is 0 Å². The molecular weight excluding hydrogens is 378 g/mol. The van der Waals surface area contributed by atoms with E-state index in [-0.39, 0.29) is 5.75 Å². The van der Waals surface area contributed by atoms with Crippen molar-refractivity contribution in [3.8, 4) is 17.1 Å². The number of furan rings is 1. The second kappa shape index (κ2) is 7.40. The summed E-state index contributed by atoms with van der Waals surface area (Å²) in [7, 11) is 0. The summed E-state index contributed by atoms with van der Waals surface area (Å²) in [6.45, 7) is 6.23. The normalized spacial score (nSPS) is 11.2. The van der Waals surface area contributed by atoms with Crippen LogP contribution >= 0.6 is 11.8 Å². The van der Waals surface area contributed by atoms with Gasteiger partial charge in [-0.25, -0.2) is 4.79 Å². The minimum absolute atomic E-state index is 0.0475. The monoisotopic (exact) mass is 395 g/mol. The van der Waals surface area contributed by atoms with Crippen LogP contribution in [0, 0.1) is 6.92 Å². The third-order valence-corrected chi connectivity index (χ3v) is 5.31. The minimum Gasteiger partial charge on any atom is -0.508 e. The molecule has 1 aromatic carbocycles. The molecule has 0 aliphatic carbocycles. The van der Waals surface area contributed by atoms with Gasteiger partial charge in [0.2, 0.25) is 0 Å². The molecule has 0 bridgehead atoms. The number of aromatic hydroxyl groups is 1. The van der Waals surface area contributed by atoms with Gasteiger partial charge >= 0.3 is 5.63 Å². The van der Waals surface area contributed by atoms with E-state index in [1.165, 1.54) is 23.9 Å². The van der Waals surface area contributed by atoms with E-state index in [2.05, 4.69) is 16.8 Å². The van der Waals surface area contributed by atoms with Gasteiger partial charge < -0.3 is 13.9 Å². The number of benzene rings is 1. The van der Waals surface area contributed by atoms with E-state index in [9.17, 15) is 9.90 Å². The van der Waals surface area contributed by atoms with Crippen molar-refractivity contribution in [2.24, 2.45) is 0 Å². The van der Waals surface area contributed by atoms with Gasteiger partial charge in [-0.3, -0.25) is 4.57 Å². The second-order valence-corrected chi connectivity index (χ2v) is 7.10. The van der Waals surface area contributed by atoms with Gasteiger partial charge in [-0.1, -0.05) is 17.8 Å². The van der Waals surface area contributed by atoms with Gasteiger partial charge in [0, 0.05) is 29.8 Å². The molecule has 0 unspecified atom stereocenters. The molecule has 1 N–H and O–H groups in total. The highest BCUT2D eigenvalue weighted by Gasteiger charge is 2.17. The maximum Gasteiger partial charge on any atom is 0.336 e. The molecule has 3 heterocycles. The van der Waals surface area contributed by atoms with Gasteiger partial charge in [-0.05, 0) is 30.7 Å². The molecule has 0 spiro atoms. The van der Waals surface area contributed by atoms with E-state index in [0.29, 0.717) is 28.9 Å². The predicted molar refractivity (Wildman–Crippen MR) is 106 cm³/mol. The predicted octanol–water partition coefficient (Wildman–Crippen LogP) is 4.14. The van der Waals surface area contributed by atoms with Crippen LogP contribution in [0.4, 0.5) is 0 Å². The number of thioether (sulfide) groups is 1. The number of hydrogen-bond acceptors (Lipinski definition) is 7. The second-order valence-electron chi connectivity index (χ2n) is 6.16. The first-order chi connectivity index (χ1) is 13.6. The van der Waals surface area contributed by atoms with Crippen LogP contribution in [0.25, 0.3) is 22.4 Å². The number of phenols is 1. The molecule has 0 aliphatic heterocycles. The minimum atomic E-state index is -0.462. The Morgan fingerprint density at radius 3 is 2.89 bits per heavy atom. The summed E-state index contributed by atoms with van der Waals surface area (Å²) >= 11 is 1.46. The van der Waals surface area contributed by atoms with Gasteiger partial charge in [-0.15, -0.1) is 16.8 Å². The zero-order valence-electron chi connectivity index (χ0n) is 15.1. The number of rotatable bonds is 6. The highest BCUT2D eigenvalue weighted by atomic mass is 32.2. The number of aromatic nitrogens is 3. The van der Waals surface area contributed by atoms with Crippen molar-refractivity contribution in [2.45, 2.75) is 24.4 Å². The Hall–Kier alpha value is -3.26. The van der Waals surface area contributed by atoms with Gasteiger partial charge in [0.05, 0.1) is 11.8 Å². The first-order valence-electron chi connectivity index (χ1n) is 8.54. The van der Waals surface area contributed by atoms with Crippen molar-refractivity contribution in [3.05, 3.63) is 71.0 Å². The Morgan fingerprint density at radius 2 is 2.14 bits per heavy atom. The van der Waals surface area contributed by atoms with Crippen molar-refractivity contribution in [3.63, 3.8) is 0 Å². The molecule has 4 rings (SSSR count). The average Bonchev–Trinajstić information content (AvgIpc) is 3.25. The topological polar surface area (TPSA) is 94.3 Å². The molecule has 7 nitrogen and oxygen atoms in total. The van der Waals surface area contributed by atoms with Crippen molar-refractivity contribution in [2.75, 3.05) is 0 Å². The van der Waals surface area contributed by atoms with Crippen LogP contribution in [0.15, 0.2) is 68.0 Å². The Kier molecular flexibility index (Phi) is 4.79. The summed E-state index contributed by atoms with van der Waals surface area (Å²) in [5, 5.41) is 19.7. The molecule has 28 heavy (non-hydrogen) atoms. The van der Waals surface area contributed by atoms with Crippen LogP contribution < -0.4 is 5.63 Å². The van der Waals surface area contributed by atoms with Gasteiger partial charge in [0.15, 0.2) is 11.0 Å². The van der Waals surface area contributed by atoms with Crippen molar-refractivity contribution >= 4 is 22.7 Å². The lowest BCUT2D eigenvalue weighted by Gasteiger charge is -2.08. The number of phenolic OH excluding ortho intramolecular Hbond substituents is 1. The van der Waals surface area contributed by atoms with Crippen molar-refractivity contribution in [1.82, 2.24) is 14.8 Å². The Balaban J connectivity index is 1.68. The van der Waals surface area contributed by atoms with Gasteiger partial charge in [0.1, 0.15) is 17.1 Å². The number of nitrogens with zero attached hydrogens (tertiary/aromatic N) is 3. The molecule has 0 saturated heterocycles. The maximum atomic E-state index is 11.9. The fourth-order valence-corrected chi connectivity index (χ4v) is 3.92. The molecule has 0 radical (unpaired) electrons. The zero-order chi connectivity index (χ0) is 19.7. The van der Waals surface area contributed by atoms with Crippen LogP contribution in [0.1, 0.15) is 11.3 Å². The quantitative estimate of drug-likeness (QED) is 0.298. The lowest BCUT2D eigenvalue weighted by molar-refractivity contribution is 0.473. The maximum absolute atomic E-state index is 11.9.